The summed E-state index contributed by atoms with van der Waals surface area (Å²) in [4.78, 5) is 4.19. The zero-order valence-corrected chi connectivity index (χ0v) is 11.8. The van der Waals surface area contributed by atoms with Gasteiger partial charge in [0.1, 0.15) is 18.5 Å². The van der Waals surface area contributed by atoms with E-state index in [0.29, 0.717) is 23.9 Å². The first kappa shape index (κ1) is 14.8. The van der Waals surface area contributed by atoms with Crippen molar-refractivity contribution >= 4 is 11.6 Å². The number of rotatable bonds is 7. The van der Waals surface area contributed by atoms with Gasteiger partial charge in [-0.1, -0.05) is 29.8 Å². The number of nitrogens with zero attached hydrogens (tertiary/aromatic N) is 1. The van der Waals surface area contributed by atoms with E-state index in [1.165, 1.54) is 0 Å². The van der Waals surface area contributed by atoms with Gasteiger partial charge in [0.2, 0.25) is 0 Å². The first-order valence-electron chi connectivity index (χ1n) is 6.41. The lowest BCUT2D eigenvalue weighted by Crippen LogP contribution is -2.31. The normalized spacial score (nSPS) is 12.1. The number of hydrogen-bond donors (Lipinski definition) is 2. The first-order chi connectivity index (χ1) is 9.75. The maximum atomic E-state index is 9.83. The van der Waals surface area contributed by atoms with Crippen molar-refractivity contribution in [2.45, 2.75) is 12.6 Å². The van der Waals surface area contributed by atoms with Crippen molar-refractivity contribution in [1.29, 1.82) is 0 Å². The van der Waals surface area contributed by atoms with Crippen LogP contribution in [-0.4, -0.2) is 29.3 Å². The first-order valence-corrected chi connectivity index (χ1v) is 6.79. The Morgan fingerprint density at radius 1 is 1.20 bits per heavy atom. The summed E-state index contributed by atoms with van der Waals surface area (Å²) >= 11 is 5.96. The number of hydrogen-bond acceptors (Lipinski definition) is 4. The van der Waals surface area contributed by atoms with Gasteiger partial charge in [-0.05, 0) is 24.3 Å². The van der Waals surface area contributed by atoms with Crippen molar-refractivity contribution in [1.82, 2.24) is 10.3 Å². The molecule has 0 bridgehead atoms. The summed E-state index contributed by atoms with van der Waals surface area (Å²) in [7, 11) is 0. The van der Waals surface area contributed by atoms with Crippen LogP contribution in [0.15, 0.2) is 48.7 Å². The SMILES string of the molecule is OC(CNCc1ccccn1)COc1ccccc1Cl. The number of ether oxygens (including phenoxy) is 1. The molecule has 2 aromatic rings. The van der Waals surface area contributed by atoms with E-state index in [-0.39, 0.29) is 6.61 Å². The van der Waals surface area contributed by atoms with Crippen LogP contribution in [-0.2, 0) is 6.54 Å². The standard InChI is InChI=1S/C15H17ClN2O2/c16-14-6-1-2-7-15(14)20-11-13(19)10-17-9-12-5-3-4-8-18-12/h1-8,13,17,19H,9-11H2. The summed E-state index contributed by atoms with van der Waals surface area (Å²) in [6.45, 7) is 1.24. The van der Waals surface area contributed by atoms with Gasteiger partial charge in [-0.3, -0.25) is 4.98 Å². The molecule has 0 aliphatic rings. The van der Waals surface area contributed by atoms with Crippen molar-refractivity contribution in [2.24, 2.45) is 0 Å². The summed E-state index contributed by atoms with van der Waals surface area (Å²) in [6.07, 6.45) is 1.14. The number of benzene rings is 1. The minimum Gasteiger partial charge on any atom is -0.489 e. The van der Waals surface area contributed by atoms with Gasteiger partial charge in [0.05, 0.1) is 10.7 Å². The number of aromatic nitrogens is 1. The molecule has 1 heterocycles. The highest BCUT2D eigenvalue weighted by Crippen LogP contribution is 2.22. The van der Waals surface area contributed by atoms with Crippen molar-refractivity contribution in [3.8, 4) is 5.75 Å². The number of pyridine rings is 1. The third kappa shape index (κ3) is 4.81. The summed E-state index contributed by atoms with van der Waals surface area (Å²) < 4.78 is 5.46. The fourth-order valence-corrected chi connectivity index (χ4v) is 1.87. The molecule has 4 nitrogen and oxygen atoms in total. The zero-order chi connectivity index (χ0) is 14.2. The molecule has 0 spiro atoms. The molecule has 0 aliphatic heterocycles. The molecule has 5 heteroatoms. The minimum absolute atomic E-state index is 0.193. The van der Waals surface area contributed by atoms with Crippen LogP contribution in [0.1, 0.15) is 5.69 Å². The van der Waals surface area contributed by atoms with Crippen LogP contribution in [0.2, 0.25) is 5.02 Å². The number of nitrogens with one attached hydrogen (secondary N) is 1. The fraction of sp³-hybridized carbons (Fsp3) is 0.267. The molecule has 0 amide bonds. The summed E-state index contributed by atoms with van der Waals surface area (Å²) in [5.74, 6) is 0.581. The Balaban J connectivity index is 1.68. The van der Waals surface area contributed by atoms with Gasteiger partial charge in [0.15, 0.2) is 0 Å². The summed E-state index contributed by atoms with van der Waals surface area (Å²) in [5.41, 5.74) is 0.937. The Bertz CT molecular complexity index is 522. The number of aliphatic hydroxyl groups is 1. The molecule has 1 unspecified atom stereocenters. The van der Waals surface area contributed by atoms with Crippen LogP contribution >= 0.6 is 11.6 Å². The average molecular weight is 293 g/mol. The molecule has 0 saturated heterocycles. The molecule has 20 heavy (non-hydrogen) atoms. The largest absolute Gasteiger partial charge is 0.489 e. The lowest BCUT2D eigenvalue weighted by molar-refractivity contribution is 0.106. The van der Waals surface area contributed by atoms with Crippen LogP contribution in [0.5, 0.6) is 5.75 Å². The fourth-order valence-electron chi connectivity index (χ4n) is 1.68. The molecule has 2 N–H and O–H groups in total. The Morgan fingerprint density at radius 3 is 2.75 bits per heavy atom. The molecule has 1 aromatic heterocycles. The highest BCUT2D eigenvalue weighted by molar-refractivity contribution is 6.32. The Kier molecular flexibility index (Phi) is 5.80. The smallest absolute Gasteiger partial charge is 0.138 e. The van der Waals surface area contributed by atoms with Crippen molar-refractivity contribution in [3.63, 3.8) is 0 Å². The van der Waals surface area contributed by atoms with Gasteiger partial charge in [0, 0.05) is 19.3 Å². The van der Waals surface area contributed by atoms with Gasteiger partial charge in [-0.25, -0.2) is 0 Å². The predicted molar refractivity (Wildman–Crippen MR) is 78.9 cm³/mol. The maximum Gasteiger partial charge on any atom is 0.138 e. The number of aliphatic hydroxyl groups excluding tert-OH is 1. The highest BCUT2D eigenvalue weighted by atomic mass is 35.5. The Morgan fingerprint density at radius 2 is 2.00 bits per heavy atom. The second kappa shape index (κ2) is 7.85. The molecule has 0 fully saturated rings. The number of para-hydroxylation sites is 1. The van der Waals surface area contributed by atoms with Crippen LogP contribution in [0.25, 0.3) is 0 Å². The van der Waals surface area contributed by atoms with Crippen LogP contribution in [0, 0.1) is 0 Å². The average Bonchev–Trinajstić information content (AvgIpc) is 2.47. The van der Waals surface area contributed by atoms with Gasteiger partial charge in [-0.2, -0.15) is 0 Å². The van der Waals surface area contributed by atoms with Gasteiger partial charge in [-0.15, -0.1) is 0 Å². The van der Waals surface area contributed by atoms with Crippen molar-refractivity contribution in [3.05, 3.63) is 59.4 Å². The Labute approximate surface area is 123 Å². The van der Waals surface area contributed by atoms with E-state index in [0.717, 1.165) is 5.69 Å². The van der Waals surface area contributed by atoms with Gasteiger partial charge >= 0.3 is 0 Å². The van der Waals surface area contributed by atoms with Crippen LogP contribution in [0.3, 0.4) is 0 Å². The van der Waals surface area contributed by atoms with E-state index in [2.05, 4.69) is 10.3 Å². The van der Waals surface area contributed by atoms with E-state index in [1.807, 2.05) is 30.3 Å². The topological polar surface area (TPSA) is 54.4 Å². The third-order valence-electron chi connectivity index (χ3n) is 2.68. The van der Waals surface area contributed by atoms with E-state index in [1.54, 1.807) is 18.3 Å². The molecule has 0 saturated carbocycles. The second-order valence-electron chi connectivity index (χ2n) is 4.35. The van der Waals surface area contributed by atoms with Crippen LogP contribution in [0.4, 0.5) is 0 Å². The molecular formula is C15H17ClN2O2. The summed E-state index contributed by atoms with van der Waals surface area (Å²) in [6, 6.07) is 12.9. The lowest BCUT2D eigenvalue weighted by atomic mass is 10.3. The molecule has 1 atom stereocenters. The molecule has 0 radical (unpaired) electrons. The van der Waals surface area contributed by atoms with E-state index >= 15 is 0 Å². The molecular weight excluding hydrogens is 276 g/mol. The summed E-state index contributed by atoms with van der Waals surface area (Å²) in [5, 5.41) is 13.5. The maximum absolute atomic E-state index is 9.83. The molecule has 2 rings (SSSR count). The number of halogens is 1. The van der Waals surface area contributed by atoms with Crippen LogP contribution < -0.4 is 10.1 Å². The van der Waals surface area contributed by atoms with Gasteiger partial charge in [0.25, 0.3) is 0 Å². The Hall–Kier alpha value is -1.62. The minimum atomic E-state index is -0.602. The predicted octanol–water partition coefficient (Wildman–Crippen LogP) is 2.26. The molecule has 106 valence electrons. The highest BCUT2D eigenvalue weighted by Gasteiger charge is 2.06. The van der Waals surface area contributed by atoms with E-state index < -0.39 is 6.10 Å². The zero-order valence-electron chi connectivity index (χ0n) is 11.0. The molecule has 0 aliphatic carbocycles. The van der Waals surface area contributed by atoms with E-state index in [4.69, 9.17) is 16.3 Å². The van der Waals surface area contributed by atoms with Crippen molar-refractivity contribution < 1.29 is 9.84 Å². The second-order valence-corrected chi connectivity index (χ2v) is 4.75. The monoisotopic (exact) mass is 292 g/mol. The lowest BCUT2D eigenvalue weighted by Gasteiger charge is -2.13. The quantitative estimate of drug-likeness (QED) is 0.822. The van der Waals surface area contributed by atoms with Gasteiger partial charge < -0.3 is 15.2 Å². The van der Waals surface area contributed by atoms with E-state index in [9.17, 15) is 5.11 Å². The third-order valence-corrected chi connectivity index (χ3v) is 2.99. The van der Waals surface area contributed by atoms with Crippen molar-refractivity contribution in [2.75, 3.05) is 13.2 Å². The molecule has 1 aromatic carbocycles.